The summed E-state index contributed by atoms with van der Waals surface area (Å²) in [5.41, 5.74) is 4.79. The van der Waals surface area contributed by atoms with Gasteiger partial charge in [-0.1, -0.05) is 75.9 Å². The van der Waals surface area contributed by atoms with Crippen molar-refractivity contribution in [2.75, 3.05) is 0 Å². The summed E-state index contributed by atoms with van der Waals surface area (Å²) in [5, 5.41) is 12.6. The van der Waals surface area contributed by atoms with Crippen molar-refractivity contribution in [3.63, 3.8) is 0 Å². The lowest BCUT2D eigenvalue weighted by Crippen LogP contribution is -2.38. The second kappa shape index (κ2) is 10.5. The minimum atomic E-state index is -0.0566. The van der Waals surface area contributed by atoms with Crippen LogP contribution >= 0.6 is 0 Å². The molecule has 0 spiro atoms. The van der Waals surface area contributed by atoms with Crippen LogP contribution in [0.15, 0.2) is 66.7 Å². The Morgan fingerprint density at radius 2 is 1.30 bits per heavy atom. The summed E-state index contributed by atoms with van der Waals surface area (Å²) in [4.78, 5) is 16.5. The largest absolute Gasteiger partial charge is 0.309 e. The Morgan fingerprint density at radius 3 is 1.89 bits per heavy atom. The minimum Gasteiger partial charge on any atom is -0.309 e. The van der Waals surface area contributed by atoms with Gasteiger partial charge in [0.05, 0.1) is 28.4 Å². The minimum absolute atomic E-state index is 0.0135. The second-order valence-corrected chi connectivity index (χ2v) is 15.6. The molecule has 5 atom stereocenters. The van der Waals surface area contributed by atoms with Crippen LogP contribution in [-0.2, 0) is 10.8 Å². The molecule has 4 fully saturated rings. The van der Waals surface area contributed by atoms with E-state index in [4.69, 9.17) is 15.0 Å². The summed E-state index contributed by atoms with van der Waals surface area (Å²) in [7, 11) is 0. The van der Waals surface area contributed by atoms with Crippen LogP contribution in [0.2, 0.25) is 0 Å². The zero-order chi connectivity index (χ0) is 31.0. The lowest BCUT2D eigenvalue weighted by atomic mass is 9.66. The maximum atomic E-state index is 10.1. The molecule has 232 valence electrons. The molecular weight excluding hydrogens is 562 g/mol. The fraction of sp³-hybridized carbons (Fsp3) is 0.463. The number of fused-ring (bicyclic) bond motifs is 7. The van der Waals surface area contributed by atoms with E-state index in [9.17, 15) is 5.26 Å². The number of hydrogen-bond donors (Lipinski definition) is 0. The molecule has 5 aromatic rings. The summed E-state index contributed by atoms with van der Waals surface area (Å²) >= 11 is 0. The summed E-state index contributed by atoms with van der Waals surface area (Å²) in [6.45, 7) is 4.79. The molecule has 0 aliphatic heterocycles. The predicted molar refractivity (Wildman–Crippen MR) is 184 cm³/mol. The van der Waals surface area contributed by atoms with Crippen molar-refractivity contribution >= 4 is 21.8 Å². The van der Waals surface area contributed by atoms with Crippen molar-refractivity contribution in [1.82, 2.24) is 19.5 Å². The van der Waals surface area contributed by atoms with Crippen molar-refractivity contribution in [3.05, 3.63) is 83.9 Å². The van der Waals surface area contributed by atoms with Gasteiger partial charge >= 0.3 is 0 Å². The van der Waals surface area contributed by atoms with Crippen LogP contribution in [0.3, 0.4) is 0 Å². The molecule has 9 rings (SSSR count). The molecule has 0 radical (unpaired) electrons. The Hall–Kier alpha value is -4.04. The number of aromatic nitrogens is 4. The van der Waals surface area contributed by atoms with Gasteiger partial charge in [-0.15, -0.1) is 0 Å². The average Bonchev–Trinajstić information content (AvgIpc) is 3.75. The molecule has 0 amide bonds. The smallest absolute Gasteiger partial charge is 0.165 e. The maximum absolute atomic E-state index is 10.1. The summed E-state index contributed by atoms with van der Waals surface area (Å²) < 4.78 is 2.35. The van der Waals surface area contributed by atoms with Gasteiger partial charge in [-0.05, 0) is 98.9 Å². The van der Waals surface area contributed by atoms with Gasteiger partial charge in [-0.3, -0.25) is 0 Å². The molecule has 4 saturated carbocycles. The Balaban J connectivity index is 1.30. The lowest BCUT2D eigenvalue weighted by molar-refractivity contribution is 0.190. The first-order valence-corrected chi connectivity index (χ1v) is 17.8. The maximum Gasteiger partial charge on any atom is 0.165 e. The molecule has 4 bridgehead atoms. The van der Waals surface area contributed by atoms with Crippen molar-refractivity contribution in [2.24, 2.45) is 23.7 Å². The van der Waals surface area contributed by atoms with Gasteiger partial charge in [0.1, 0.15) is 11.6 Å². The molecule has 0 N–H and O–H groups in total. The van der Waals surface area contributed by atoms with Gasteiger partial charge in [0.25, 0.3) is 0 Å². The molecule has 4 aliphatic carbocycles. The fourth-order valence-corrected chi connectivity index (χ4v) is 10.6. The number of rotatable bonds is 5. The van der Waals surface area contributed by atoms with E-state index in [0.717, 1.165) is 82.7 Å². The highest BCUT2D eigenvalue weighted by atomic mass is 15.1. The zero-order valence-corrected chi connectivity index (χ0v) is 27.2. The first kappa shape index (κ1) is 28.2. The Kier molecular flexibility index (Phi) is 6.43. The van der Waals surface area contributed by atoms with E-state index in [-0.39, 0.29) is 10.8 Å². The number of nitriles is 1. The number of nitrogens with zero attached hydrogens (tertiary/aromatic N) is 5. The van der Waals surface area contributed by atoms with Crippen LogP contribution in [-0.4, -0.2) is 19.5 Å². The van der Waals surface area contributed by atoms with Crippen molar-refractivity contribution in [2.45, 2.75) is 95.3 Å². The molecule has 4 aliphatic rings. The molecule has 46 heavy (non-hydrogen) atoms. The van der Waals surface area contributed by atoms with Crippen molar-refractivity contribution < 1.29 is 0 Å². The Labute approximate surface area is 272 Å². The van der Waals surface area contributed by atoms with Gasteiger partial charge < -0.3 is 4.57 Å². The first-order valence-electron chi connectivity index (χ1n) is 17.8. The van der Waals surface area contributed by atoms with Gasteiger partial charge in [0, 0.05) is 27.2 Å². The summed E-state index contributed by atoms with van der Waals surface area (Å²) in [5.74, 6) is 5.84. The first-order chi connectivity index (χ1) is 22.4. The van der Waals surface area contributed by atoms with Gasteiger partial charge in [0.15, 0.2) is 5.82 Å². The zero-order valence-electron chi connectivity index (χ0n) is 27.2. The molecule has 4 unspecified atom stereocenters. The molecular formula is C41H43N5. The molecule has 5 nitrogen and oxygen atoms in total. The lowest BCUT2D eigenvalue weighted by Gasteiger charge is -2.41. The average molecular weight is 606 g/mol. The normalized spacial score (nSPS) is 30.2. The van der Waals surface area contributed by atoms with E-state index < -0.39 is 0 Å². The van der Waals surface area contributed by atoms with Gasteiger partial charge in [-0.2, -0.15) is 5.26 Å². The number of hydrogen-bond acceptors (Lipinski definition) is 4. The standard InChI is InChI=1S/C41H43N5/c1-3-41(23-28-14-15-29(19-28)24-41)39-44-37(43-38(45-39)40(2)21-26-12-13-27(18-26)22-40)33-20-30(25-42)16-17-36(33)46-34-10-6-4-8-31(34)32-9-5-7-11-35(32)46/h4-11,16-17,20,26-29H,3,12-15,18-19,21-24H2,1-2H3/t26-,27?,28?,29?,40?,41?/m0/s1. The third-order valence-corrected chi connectivity index (χ3v) is 12.7. The Morgan fingerprint density at radius 1 is 0.739 bits per heavy atom. The van der Waals surface area contributed by atoms with Crippen LogP contribution in [0.25, 0.3) is 38.9 Å². The summed E-state index contributed by atoms with van der Waals surface area (Å²) in [6.07, 6.45) is 13.9. The molecule has 2 heterocycles. The highest BCUT2D eigenvalue weighted by molar-refractivity contribution is 6.09. The second-order valence-electron chi connectivity index (χ2n) is 15.6. The van der Waals surface area contributed by atoms with Crippen LogP contribution in [0.5, 0.6) is 0 Å². The SMILES string of the molecule is CCC1(c2nc(-c3cc(C#N)ccc3-n3c4ccccc4c4ccccc43)nc(C3(C)CC4CC[C@@H](C4)C3)n2)CC2CCC(C2)C1. The van der Waals surface area contributed by atoms with E-state index in [2.05, 4.69) is 79.1 Å². The highest BCUT2D eigenvalue weighted by Gasteiger charge is 2.48. The highest BCUT2D eigenvalue weighted by Crippen LogP contribution is 2.54. The van der Waals surface area contributed by atoms with Gasteiger partial charge in [-0.25, -0.2) is 15.0 Å². The predicted octanol–water partition coefficient (Wildman–Crippen LogP) is 9.83. The van der Waals surface area contributed by atoms with Crippen LogP contribution in [0, 0.1) is 35.0 Å². The van der Waals surface area contributed by atoms with Crippen LogP contribution < -0.4 is 0 Å². The fourth-order valence-electron chi connectivity index (χ4n) is 10.6. The van der Waals surface area contributed by atoms with E-state index in [0.29, 0.717) is 5.56 Å². The van der Waals surface area contributed by atoms with Gasteiger partial charge in [0.2, 0.25) is 0 Å². The van der Waals surface area contributed by atoms with E-state index in [1.807, 2.05) is 12.1 Å². The quantitative estimate of drug-likeness (QED) is 0.200. The van der Waals surface area contributed by atoms with Crippen LogP contribution in [0.4, 0.5) is 0 Å². The van der Waals surface area contributed by atoms with Crippen molar-refractivity contribution in [1.29, 1.82) is 5.26 Å². The van der Waals surface area contributed by atoms with E-state index in [1.54, 1.807) is 0 Å². The Bertz CT molecular complexity index is 1950. The molecule has 3 aromatic carbocycles. The number of benzene rings is 3. The molecule has 2 aromatic heterocycles. The topological polar surface area (TPSA) is 67.4 Å². The van der Waals surface area contributed by atoms with Crippen LogP contribution in [0.1, 0.15) is 102 Å². The summed E-state index contributed by atoms with van der Waals surface area (Å²) in [6, 6.07) is 25.8. The third kappa shape index (κ3) is 4.36. The van der Waals surface area contributed by atoms with E-state index >= 15 is 0 Å². The third-order valence-electron chi connectivity index (χ3n) is 12.7. The van der Waals surface area contributed by atoms with E-state index in [1.165, 1.54) is 62.1 Å². The molecule has 0 saturated heterocycles. The number of para-hydroxylation sites is 2. The van der Waals surface area contributed by atoms with Crippen molar-refractivity contribution in [3.8, 4) is 23.1 Å². The monoisotopic (exact) mass is 605 g/mol. The molecule has 5 heteroatoms.